The molecule has 17 heavy (non-hydrogen) atoms. The van der Waals surface area contributed by atoms with Gasteiger partial charge >= 0.3 is 0 Å². The normalized spacial score (nSPS) is 10.1. The van der Waals surface area contributed by atoms with Gasteiger partial charge in [0.1, 0.15) is 5.75 Å². The second-order valence-electron chi connectivity index (χ2n) is 3.85. The van der Waals surface area contributed by atoms with E-state index in [1.54, 1.807) is 13.2 Å². The number of nitrogens with zero attached hydrogens (tertiary/aromatic N) is 2. The number of aryl methyl sites for hydroxylation is 2. The summed E-state index contributed by atoms with van der Waals surface area (Å²) in [5.41, 5.74) is 2.06. The average molecular weight is 229 g/mol. The molecular weight excluding hydrogens is 214 g/mol. The maximum absolute atomic E-state index is 5.74. The average Bonchev–Trinajstić information content (AvgIpc) is 2.32. The maximum Gasteiger partial charge on any atom is 0.226 e. The highest BCUT2D eigenvalue weighted by Crippen LogP contribution is 2.23. The SMILES string of the molecule is CNc1ncc(C)c(Oc2cccc(C)c2)n1. The molecule has 2 aromatic rings. The monoisotopic (exact) mass is 229 g/mol. The molecule has 1 heterocycles. The first-order chi connectivity index (χ1) is 8.19. The quantitative estimate of drug-likeness (QED) is 0.879. The van der Waals surface area contributed by atoms with Gasteiger partial charge in [0.05, 0.1) is 0 Å². The highest BCUT2D eigenvalue weighted by Gasteiger charge is 2.05. The molecule has 1 aromatic heterocycles. The summed E-state index contributed by atoms with van der Waals surface area (Å²) in [4.78, 5) is 8.39. The van der Waals surface area contributed by atoms with Crippen LogP contribution in [0.3, 0.4) is 0 Å². The largest absolute Gasteiger partial charge is 0.439 e. The van der Waals surface area contributed by atoms with Crippen LogP contribution in [0.2, 0.25) is 0 Å². The fourth-order valence-corrected chi connectivity index (χ4v) is 1.44. The van der Waals surface area contributed by atoms with Gasteiger partial charge in [0.25, 0.3) is 0 Å². The van der Waals surface area contributed by atoms with Crippen molar-refractivity contribution in [3.63, 3.8) is 0 Å². The van der Waals surface area contributed by atoms with E-state index in [0.717, 1.165) is 16.9 Å². The number of hydrogen-bond acceptors (Lipinski definition) is 4. The highest BCUT2D eigenvalue weighted by molar-refractivity contribution is 5.36. The molecule has 88 valence electrons. The Kier molecular flexibility index (Phi) is 3.23. The van der Waals surface area contributed by atoms with Crippen molar-refractivity contribution in [2.45, 2.75) is 13.8 Å². The molecule has 1 aromatic carbocycles. The van der Waals surface area contributed by atoms with Gasteiger partial charge < -0.3 is 10.1 Å². The number of benzene rings is 1. The van der Waals surface area contributed by atoms with Crippen LogP contribution in [0.4, 0.5) is 5.95 Å². The van der Waals surface area contributed by atoms with E-state index in [1.807, 2.05) is 38.1 Å². The zero-order valence-electron chi connectivity index (χ0n) is 10.2. The van der Waals surface area contributed by atoms with Gasteiger partial charge in [-0.05, 0) is 31.5 Å². The minimum Gasteiger partial charge on any atom is -0.439 e. The van der Waals surface area contributed by atoms with Gasteiger partial charge in [0.15, 0.2) is 0 Å². The van der Waals surface area contributed by atoms with Crippen molar-refractivity contribution in [1.29, 1.82) is 0 Å². The molecule has 0 aliphatic rings. The molecule has 0 bridgehead atoms. The van der Waals surface area contributed by atoms with E-state index in [0.29, 0.717) is 11.8 Å². The smallest absolute Gasteiger partial charge is 0.226 e. The lowest BCUT2D eigenvalue weighted by atomic mass is 10.2. The lowest BCUT2D eigenvalue weighted by Crippen LogP contribution is -1.99. The van der Waals surface area contributed by atoms with Gasteiger partial charge in [-0.15, -0.1) is 0 Å². The molecule has 0 atom stereocenters. The molecule has 2 rings (SSSR count). The predicted molar refractivity (Wildman–Crippen MR) is 67.6 cm³/mol. The van der Waals surface area contributed by atoms with Crippen molar-refractivity contribution in [2.75, 3.05) is 12.4 Å². The Bertz CT molecular complexity index is 526. The summed E-state index contributed by atoms with van der Waals surface area (Å²) in [6, 6.07) is 7.87. The predicted octanol–water partition coefficient (Wildman–Crippen LogP) is 2.93. The number of hydrogen-bond donors (Lipinski definition) is 1. The minimum absolute atomic E-state index is 0.554. The summed E-state index contributed by atoms with van der Waals surface area (Å²) in [5, 5.41) is 2.89. The molecule has 0 fully saturated rings. The van der Waals surface area contributed by atoms with E-state index < -0.39 is 0 Å². The van der Waals surface area contributed by atoms with Crippen molar-refractivity contribution >= 4 is 5.95 Å². The van der Waals surface area contributed by atoms with Crippen LogP contribution in [0.5, 0.6) is 11.6 Å². The van der Waals surface area contributed by atoms with Crippen LogP contribution >= 0.6 is 0 Å². The molecule has 4 heteroatoms. The van der Waals surface area contributed by atoms with E-state index in [2.05, 4.69) is 15.3 Å². The van der Waals surface area contributed by atoms with Gasteiger partial charge in [-0.2, -0.15) is 4.98 Å². The summed E-state index contributed by atoms with van der Waals surface area (Å²) >= 11 is 0. The van der Waals surface area contributed by atoms with Crippen molar-refractivity contribution in [2.24, 2.45) is 0 Å². The third-order valence-corrected chi connectivity index (χ3v) is 2.35. The Labute approximate surface area is 101 Å². The van der Waals surface area contributed by atoms with Gasteiger partial charge in [-0.1, -0.05) is 12.1 Å². The van der Waals surface area contributed by atoms with E-state index in [4.69, 9.17) is 4.74 Å². The minimum atomic E-state index is 0.554. The van der Waals surface area contributed by atoms with Crippen LogP contribution in [-0.2, 0) is 0 Å². The first kappa shape index (κ1) is 11.4. The molecule has 0 aliphatic carbocycles. The number of nitrogens with one attached hydrogen (secondary N) is 1. The summed E-state index contributed by atoms with van der Waals surface area (Å²) < 4.78 is 5.74. The van der Waals surface area contributed by atoms with E-state index >= 15 is 0 Å². The van der Waals surface area contributed by atoms with Crippen LogP contribution in [0.25, 0.3) is 0 Å². The lowest BCUT2D eigenvalue weighted by molar-refractivity contribution is 0.458. The molecule has 4 nitrogen and oxygen atoms in total. The molecular formula is C13H15N3O. The first-order valence-corrected chi connectivity index (χ1v) is 5.45. The van der Waals surface area contributed by atoms with Crippen LogP contribution in [0, 0.1) is 13.8 Å². The van der Waals surface area contributed by atoms with Crippen molar-refractivity contribution < 1.29 is 4.74 Å². The third kappa shape index (κ3) is 2.72. The van der Waals surface area contributed by atoms with E-state index in [-0.39, 0.29) is 0 Å². The second-order valence-corrected chi connectivity index (χ2v) is 3.85. The van der Waals surface area contributed by atoms with Gasteiger partial charge in [0, 0.05) is 18.8 Å². The Morgan fingerprint density at radius 3 is 2.76 bits per heavy atom. The van der Waals surface area contributed by atoms with Gasteiger partial charge in [-0.25, -0.2) is 4.98 Å². The molecule has 0 unspecified atom stereocenters. The van der Waals surface area contributed by atoms with Gasteiger partial charge in [-0.3, -0.25) is 0 Å². The Balaban J connectivity index is 2.29. The standard InChI is InChI=1S/C13H15N3O/c1-9-5-4-6-11(7-9)17-12-10(2)8-15-13(14-3)16-12/h4-8H,1-3H3,(H,14,15,16). The number of rotatable bonds is 3. The van der Waals surface area contributed by atoms with Crippen molar-refractivity contribution in [3.05, 3.63) is 41.6 Å². The van der Waals surface area contributed by atoms with E-state index in [1.165, 1.54) is 0 Å². The molecule has 0 amide bonds. The molecule has 0 spiro atoms. The Morgan fingerprint density at radius 2 is 2.06 bits per heavy atom. The van der Waals surface area contributed by atoms with Crippen LogP contribution in [0.15, 0.2) is 30.5 Å². The Hall–Kier alpha value is -2.10. The summed E-state index contributed by atoms with van der Waals surface area (Å²) in [5.74, 6) is 1.92. The third-order valence-electron chi connectivity index (χ3n) is 2.35. The highest BCUT2D eigenvalue weighted by atomic mass is 16.5. The number of aromatic nitrogens is 2. The fraction of sp³-hybridized carbons (Fsp3) is 0.231. The zero-order chi connectivity index (χ0) is 12.3. The first-order valence-electron chi connectivity index (χ1n) is 5.45. The second kappa shape index (κ2) is 4.82. The van der Waals surface area contributed by atoms with Crippen molar-refractivity contribution in [1.82, 2.24) is 9.97 Å². The molecule has 0 radical (unpaired) electrons. The van der Waals surface area contributed by atoms with Crippen LogP contribution in [0.1, 0.15) is 11.1 Å². The summed E-state index contributed by atoms with van der Waals surface area (Å²) in [6.45, 7) is 3.95. The molecule has 1 N–H and O–H groups in total. The Morgan fingerprint density at radius 1 is 1.24 bits per heavy atom. The lowest BCUT2D eigenvalue weighted by Gasteiger charge is -2.08. The molecule has 0 aliphatic heterocycles. The van der Waals surface area contributed by atoms with Crippen molar-refractivity contribution in [3.8, 4) is 11.6 Å². The maximum atomic E-state index is 5.74. The summed E-state index contributed by atoms with van der Waals surface area (Å²) in [7, 11) is 1.78. The van der Waals surface area contributed by atoms with Gasteiger partial charge in [0.2, 0.25) is 11.8 Å². The van der Waals surface area contributed by atoms with Crippen LogP contribution in [-0.4, -0.2) is 17.0 Å². The van der Waals surface area contributed by atoms with Crippen LogP contribution < -0.4 is 10.1 Å². The topological polar surface area (TPSA) is 47.0 Å². The van der Waals surface area contributed by atoms with E-state index in [9.17, 15) is 0 Å². The number of ether oxygens (including phenoxy) is 1. The number of anilines is 1. The zero-order valence-corrected chi connectivity index (χ0v) is 10.2. The molecule has 0 saturated carbocycles. The summed E-state index contributed by atoms with van der Waals surface area (Å²) in [6.07, 6.45) is 1.74. The molecule has 0 saturated heterocycles. The fourth-order valence-electron chi connectivity index (χ4n) is 1.44.